The van der Waals surface area contributed by atoms with E-state index in [4.69, 9.17) is 25.8 Å². The van der Waals surface area contributed by atoms with Crippen LogP contribution in [0.2, 0.25) is 5.02 Å². The van der Waals surface area contributed by atoms with Crippen molar-refractivity contribution in [3.05, 3.63) is 71.5 Å². The number of rotatable bonds is 10. The van der Waals surface area contributed by atoms with E-state index in [1.807, 2.05) is 35.1 Å². The molecule has 1 fully saturated rings. The summed E-state index contributed by atoms with van der Waals surface area (Å²) in [7, 11) is 1.61. The zero-order valence-corrected chi connectivity index (χ0v) is 19.9. The first-order valence-electron chi connectivity index (χ1n) is 11.2. The number of benzene rings is 2. The van der Waals surface area contributed by atoms with Gasteiger partial charge in [0.05, 0.1) is 19.8 Å². The molecule has 2 aromatic carbocycles. The maximum absolute atomic E-state index is 11.1. The van der Waals surface area contributed by atoms with Crippen molar-refractivity contribution in [3.8, 4) is 17.2 Å². The number of β-amino-alcohol motifs (C(OH)–C–C–N with tert-alkyl or cyclic N) is 1. The lowest BCUT2D eigenvalue weighted by atomic mass is 9.90. The lowest BCUT2D eigenvalue weighted by molar-refractivity contribution is -0.140. The largest absolute Gasteiger partial charge is 0.493 e. The molecule has 1 saturated heterocycles. The molecule has 2 atom stereocenters. The summed E-state index contributed by atoms with van der Waals surface area (Å²) in [6.07, 6.45) is 3.21. The van der Waals surface area contributed by atoms with Crippen LogP contribution in [0.15, 0.2) is 60.9 Å². The van der Waals surface area contributed by atoms with Crippen LogP contribution >= 0.6 is 11.6 Å². The molecule has 9 heteroatoms. The predicted molar refractivity (Wildman–Crippen MR) is 129 cm³/mol. The molecule has 0 saturated carbocycles. The molecule has 0 amide bonds. The highest BCUT2D eigenvalue weighted by Crippen LogP contribution is 2.30. The zero-order chi connectivity index (χ0) is 24.0. The van der Waals surface area contributed by atoms with Gasteiger partial charge < -0.3 is 24.4 Å². The molecule has 1 aromatic heterocycles. The lowest BCUT2D eigenvalue weighted by Crippen LogP contribution is -2.59. The minimum Gasteiger partial charge on any atom is -0.493 e. The normalized spacial score (nSPS) is 20.8. The van der Waals surface area contributed by atoms with E-state index in [0.29, 0.717) is 54.9 Å². The number of aromatic nitrogens is 2. The SMILES string of the molecule is COc1cc(CN2CC[C@H](O)[C@@](O)(COc3ccc(Cl)cc3)C2)ccc1OCCn1cccn1. The van der Waals surface area contributed by atoms with Gasteiger partial charge in [-0.25, -0.2) is 0 Å². The highest BCUT2D eigenvalue weighted by molar-refractivity contribution is 6.30. The van der Waals surface area contributed by atoms with Crippen LogP contribution in [0.3, 0.4) is 0 Å². The Morgan fingerprint density at radius 3 is 2.71 bits per heavy atom. The number of halogens is 1. The zero-order valence-electron chi connectivity index (χ0n) is 19.1. The van der Waals surface area contributed by atoms with Gasteiger partial charge in [-0.05, 0) is 54.4 Å². The van der Waals surface area contributed by atoms with Crippen molar-refractivity contribution in [1.82, 2.24) is 14.7 Å². The summed E-state index contributed by atoms with van der Waals surface area (Å²) in [5.74, 6) is 1.91. The van der Waals surface area contributed by atoms with Gasteiger partial charge in [0.2, 0.25) is 0 Å². The number of hydrogen-bond donors (Lipinski definition) is 2. The molecule has 1 aliphatic rings. The third-order valence-electron chi connectivity index (χ3n) is 5.91. The van der Waals surface area contributed by atoms with Crippen molar-refractivity contribution in [2.75, 3.05) is 33.4 Å². The van der Waals surface area contributed by atoms with Gasteiger partial charge in [-0.3, -0.25) is 9.58 Å². The number of nitrogens with zero attached hydrogens (tertiary/aromatic N) is 3. The summed E-state index contributed by atoms with van der Waals surface area (Å²) in [6.45, 7) is 2.65. The van der Waals surface area contributed by atoms with Crippen molar-refractivity contribution in [2.45, 2.75) is 31.2 Å². The third kappa shape index (κ3) is 6.21. The molecule has 0 radical (unpaired) electrons. The van der Waals surface area contributed by atoms with Crippen LogP contribution in [0.5, 0.6) is 17.2 Å². The van der Waals surface area contributed by atoms with Gasteiger partial charge >= 0.3 is 0 Å². The van der Waals surface area contributed by atoms with Crippen LogP contribution in [-0.2, 0) is 13.1 Å². The van der Waals surface area contributed by atoms with Crippen LogP contribution < -0.4 is 14.2 Å². The minimum atomic E-state index is -1.38. The van der Waals surface area contributed by atoms with E-state index in [0.717, 1.165) is 5.56 Å². The van der Waals surface area contributed by atoms with Gasteiger partial charge in [0.25, 0.3) is 0 Å². The standard InChI is InChI=1S/C25H30ClN3O5/c1-32-23-15-19(3-8-22(23)33-14-13-29-11-2-10-27-29)16-28-12-9-24(30)25(31,17-28)18-34-21-6-4-20(26)5-7-21/h2-8,10-11,15,24,30-31H,9,12-14,16-18H2,1H3/t24-,25-/m0/s1. The van der Waals surface area contributed by atoms with Crippen LogP contribution in [0, 0.1) is 0 Å². The van der Waals surface area contributed by atoms with Crippen molar-refractivity contribution in [2.24, 2.45) is 0 Å². The molecule has 0 bridgehead atoms. The molecule has 0 spiro atoms. The fourth-order valence-corrected chi connectivity index (χ4v) is 4.16. The lowest BCUT2D eigenvalue weighted by Gasteiger charge is -2.42. The van der Waals surface area contributed by atoms with Crippen molar-refractivity contribution < 1.29 is 24.4 Å². The highest BCUT2D eigenvalue weighted by atomic mass is 35.5. The first kappa shape index (κ1) is 24.3. The molecule has 8 nitrogen and oxygen atoms in total. The first-order chi connectivity index (χ1) is 16.4. The molecule has 34 heavy (non-hydrogen) atoms. The van der Waals surface area contributed by atoms with Gasteiger partial charge in [0.1, 0.15) is 24.6 Å². The summed E-state index contributed by atoms with van der Waals surface area (Å²) < 4.78 is 19.0. The van der Waals surface area contributed by atoms with E-state index in [1.165, 1.54) is 0 Å². The Balaban J connectivity index is 1.34. The molecule has 2 N–H and O–H groups in total. The van der Waals surface area contributed by atoms with Gasteiger partial charge in [-0.2, -0.15) is 5.10 Å². The van der Waals surface area contributed by atoms with Crippen molar-refractivity contribution >= 4 is 11.6 Å². The van der Waals surface area contributed by atoms with E-state index in [9.17, 15) is 10.2 Å². The number of aliphatic hydroxyl groups excluding tert-OH is 1. The Kier molecular flexibility index (Phi) is 7.95. The summed E-state index contributed by atoms with van der Waals surface area (Å²) in [5, 5.41) is 26.4. The minimum absolute atomic E-state index is 0.0152. The summed E-state index contributed by atoms with van der Waals surface area (Å²) >= 11 is 5.91. The number of piperidine rings is 1. The molecule has 4 rings (SSSR count). The summed E-state index contributed by atoms with van der Waals surface area (Å²) in [4.78, 5) is 2.10. The fourth-order valence-electron chi connectivity index (χ4n) is 4.03. The van der Waals surface area contributed by atoms with Gasteiger partial charge in [-0.1, -0.05) is 17.7 Å². The monoisotopic (exact) mass is 487 g/mol. The Morgan fingerprint density at radius 2 is 1.97 bits per heavy atom. The predicted octanol–water partition coefficient (Wildman–Crippen LogP) is 3.00. The second-order valence-electron chi connectivity index (χ2n) is 8.46. The Hall–Kier alpha value is -2.78. The molecule has 1 aliphatic heterocycles. The molecule has 2 heterocycles. The Morgan fingerprint density at radius 1 is 1.15 bits per heavy atom. The van der Waals surface area contributed by atoms with Crippen molar-refractivity contribution in [3.63, 3.8) is 0 Å². The average Bonchev–Trinajstić information content (AvgIpc) is 3.35. The topological polar surface area (TPSA) is 89.2 Å². The summed E-state index contributed by atoms with van der Waals surface area (Å²) in [6, 6.07) is 14.6. The number of likely N-dealkylation sites (tertiary alicyclic amines) is 1. The molecular formula is C25H30ClN3O5. The summed E-state index contributed by atoms with van der Waals surface area (Å²) in [5.41, 5.74) is -0.356. The van der Waals surface area contributed by atoms with E-state index in [1.54, 1.807) is 37.6 Å². The Labute approximate surface area is 204 Å². The molecule has 182 valence electrons. The first-order valence-corrected chi connectivity index (χ1v) is 11.6. The second-order valence-corrected chi connectivity index (χ2v) is 8.90. The van der Waals surface area contributed by atoms with Gasteiger partial charge in [0, 0.05) is 37.1 Å². The molecular weight excluding hydrogens is 458 g/mol. The maximum atomic E-state index is 11.1. The molecule has 3 aromatic rings. The Bertz CT molecular complexity index is 1050. The molecule has 0 unspecified atom stereocenters. The molecule has 0 aliphatic carbocycles. The number of methoxy groups -OCH3 is 1. The highest BCUT2D eigenvalue weighted by Gasteiger charge is 2.42. The third-order valence-corrected chi connectivity index (χ3v) is 6.16. The van der Waals surface area contributed by atoms with Gasteiger partial charge in [-0.15, -0.1) is 0 Å². The second kappa shape index (κ2) is 11.1. The van der Waals surface area contributed by atoms with E-state index >= 15 is 0 Å². The smallest absolute Gasteiger partial charge is 0.161 e. The fraction of sp³-hybridized carbons (Fsp3) is 0.400. The average molecular weight is 488 g/mol. The quantitative estimate of drug-likeness (QED) is 0.454. The number of ether oxygens (including phenoxy) is 3. The van der Waals surface area contributed by atoms with E-state index in [2.05, 4.69) is 10.00 Å². The van der Waals surface area contributed by atoms with Crippen LogP contribution in [0.25, 0.3) is 0 Å². The van der Waals surface area contributed by atoms with Crippen molar-refractivity contribution in [1.29, 1.82) is 0 Å². The van der Waals surface area contributed by atoms with E-state index < -0.39 is 11.7 Å². The van der Waals surface area contributed by atoms with Crippen LogP contribution in [-0.4, -0.2) is 70.0 Å². The van der Waals surface area contributed by atoms with Crippen LogP contribution in [0.4, 0.5) is 0 Å². The number of hydrogen-bond acceptors (Lipinski definition) is 7. The van der Waals surface area contributed by atoms with Gasteiger partial charge in [0.15, 0.2) is 11.5 Å². The van der Waals surface area contributed by atoms with E-state index in [-0.39, 0.29) is 13.2 Å². The van der Waals surface area contributed by atoms with Crippen LogP contribution in [0.1, 0.15) is 12.0 Å². The number of aliphatic hydroxyl groups is 2. The maximum Gasteiger partial charge on any atom is 0.161 e.